The zero-order chi connectivity index (χ0) is 27.3. The molecule has 0 nitrogen and oxygen atoms in total. The third kappa shape index (κ3) is 4.82. The smallest absolute Gasteiger partial charge is 0.200 e. The molecule has 0 bridgehead atoms. The maximum absolute atomic E-state index is 14.0. The van der Waals surface area contributed by atoms with Crippen LogP contribution in [0.2, 0.25) is 0 Å². The van der Waals surface area contributed by atoms with E-state index < -0.39 is 70.3 Å². The second kappa shape index (κ2) is 8.89. The predicted octanol–water partition coefficient (Wildman–Crippen LogP) is 8.77. The van der Waals surface area contributed by atoms with Crippen molar-refractivity contribution in [2.75, 3.05) is 0 Å². The lowest BCUT2D eigenvalue weighted by Crippen LogP contribution is -2.74. The van der Waals surface area contributed by atoms with Gasteiger partial charge in [0.05, 0.1) is 0 Å². The van der Waals surface area contributed by atoms with E-state index in [-0.39, 0.29) is 6.42 Å². The molecule has 0 aliphatic heterocycles. The first kappa shape index (κ1) is 32.5. The van der Waals surface area contributed by atoms with Gasteiger partial charge in [-0.25, -0.2) is 0 Å². The largest absolute Gasteiger partial charge is 0.460 e. The standard InChI is InChI=1S/C15H14F17I/c1-3-5-7(33,4-2)6-8(16,17)9(18,19)10(20,21)11(22,23)12(24,25)13(26,27)14(28,29)15(30,31)32/h3-6H2,1-2H3. The minimum Gasteiger partial charge on any atom is -0.200 e. The predicted molar refractivity (Wildman–Crippen MR) is 87.3 cm³/mol. The van der Waals surface area contributed by atoms with Gasteiger partial charge in [0.15, 0.2) is 0 Å². The third-order valence-corrected chi connectivity index (χ3v) is 6.34. The fraction of sp³-hybridized carbons (Fsp3) is 1.00. The lowest BCUT2D eigenvalue weighted by atomic mass is 9.85. The highest BCUT2D eigenvalue weighted by molar-refractivity contribution is 14.1. The van der Waals surface area contributed by atoms with E-state index in [1.165, 1.54) is 6.92 Å². The molecule has 1 atom stereocenters. The van der Waals surface area contributed by atoms with Gasteiger partial charge in [0.25, 0.3) is 0 Å². The van der Waals surface area contributed by atoms with Gasteiger partial charge in [-0.1, -0.05) is 42.9 Å². The van der Waals surface area contributed by atoms with E-state index in [9.17, 15) is 74.6 Å². The molecule has 0 fully saturated rings. The van der Waals surface area contributed by atoms with Crippen LogP contribution in [0.3, 0.4) is 0 Å². The Bertz CT molecular complexity index is 680. The molecule has 0 aromatic rings. The number of hydrogen-bond donors (Lipinski definition) is 0. The lowest BCUT2D eigenvalue weighted by molar-refractivity contribution is -0.462. The van der Waals surface area contributed by atoms with Gasteiger partial charge in [0.2, 0.25) is 0 Å². The Labute approximate surface area is 188 Å². The van der Waals surface area contributed by atoms with Crippen LogP contribution in [-0.2, 0) is 0 Å². The first-order valence-electron chi connectivity index (χ1n) is 8.48. The van der Waals surface area contributed by atoms with Crippen molar-refractivity contribution in [1.82, 2.24) is 0 Å². The molecule has 0 rings (SSSR count). The van der Waals surface area contributed by atoms with Gasteiger partial charge in [-0.15, -0.1) is 0 Å². The molecular weight excluding hydrogens is 630 g/mol. The molecule has 0 saturated heterocycles. The minimum absolute atomic E-state index is 0.0538. The van der Waals surface area contributed by atoms with E-state index in [1.54, 1.807) is 0 Å². The van der Waals surface area contributed by atoms with E-state index in [1.807, 2.05) is 0 Å². The Hall–Kier alpha value is -0.460. The van der Waals surface area contributed by atoms with E-state index in [0.717, 1.165) is 29.5 Å². The number of halogens is 18. The summed E-state index contributed by atoms with van der Waals surface area (Å²) in [5, 5.41) is 0. The van der Waals surface area contributed by atoms with E-state index in [0.29, 0.717) is 0 Å². The highest BCUT2D eigenvalue weighted by Crippen LogP contribution is 2.64. The van der Waals surface area contributed by atoms with E-state index in [4.69, 9.17) is 0 Å². The summed E-state index contributed by atoms with van der Waals surface area (Å²) in [6.45, 7) is 2.36. The minimum atomic E-state index is -8.59. The Morgan fingerprint density at radius 3 is 1.06 bits per heavy atom. The molecule has 18 heteroatoms. The lowest BCUT2D eigenvalue weighted by Gasteiger charge is -2.43. The van der Waals surface area contributed by atoms with Crippen LogP contribution in [-0.4, -0.2) is 51.1 Å². The maximum Gasteiger partial charge on any atom is 0.460 e. The van der Waals surface area contributed by atoms with Crippen LogP contribution in [0, 0.1) is 0 Å². The summed E-state index contributed by atoms with van der Waals surface area (Å²) < 4.78 is 223. The first-order valence-corrected chi connectivity index (χ1v) is 9.56. The van der Waals surface area contributed by atoms with Crippen LogP contribution >= 0.6 is 22.6 Å². The average molecular weight is 644 g/mol. The molecule has 200 valence electrons. The van der Waals surface area contributed by atoms with Crippen molar-refractivity contribution in [2.45, 2.75) is 90.6 Å². The highest BCUT2D eigenvalue weighted by atomic mass is 127. The van der Waals surface area contributed by atoms with Gasteiger partial charge in [0, 0.05) is 9.84 Å². The Morgan fingerprint density at radius 1 is 0.485 bits per heavy atom. The molecule has 1 unspecified atom stereocenters. The zero-order valence-electron chi connectivity index (χ0n) is 16.1. The van der Waals surface area contributed by atoms with Crippen molar-refractivity contribution < 1.29 is 74.6 Å². The number of rotatable bonds is 11. The summed E-state index contributed by atoms with van der Waals surface area (Å²) >= 11 is 1.06. The normalized spacial score (nSPS) is 17.8. The Morgan fingerprint density at radius 2 is 0.788 bits per heavy atom. The van der Waals surface area contributed by atoms with Crippen LogP contribution in [0.4, 0.5) is 74.6 Å². The van der Waals surface area contributed by atoms with Gasteiger partial charge in [-0.3, -0.25) is 0 Å². The molecule has 0 heterocycles. The summed E-state index contributed by atoms with van der Waals surface area (Å²) in [7, 11) is 0. The molecular formula is C15H14F17I. The van der Waals surface area contributed by atoms with Crippen LogP contribution in [0.25, 0.3) is 0 Å². The van der Waals surface area contributed by atoms with E-state index in [2.05, 4.69) is 0 Å². The van der Waals surface area contributed by atoms with Crippen molar-refractivity contribution in [3.05, 3.63) is 0 Å². The fourth-order valence-electron chi connectivity index (χ4n) is 2.54. The molecule has 0 aromatic heterocycles. The van der Waals surface area contributed by atoms with Gasteiger partial charge < -0.3 is 0 Å². The number of hydrogen-bond acceptors (Lipinski definition) is 0. The topological polar surface area (TPSA) is 0 Å². The molecule has 0 spiro atoms. The second-order valence-electron chi connectivity index (χ2n) is 7.08. The number of alkyl halides is 18. The monoisotopic (exact) mass is 644 g/mol. The summed E-state index contributed by atoms with van der Waals surface area (Å²) in [6, 6.07) is 0. The average Bonchev–Trinajstić information content (AvgIpc) is 2.59. The summed E-state index contributed by atoms with van der Waals surface area (Å²) in [5.74, 6) is -55.9. The van der Waals surface area contributed by atoms with Crippen LogP contribution in [0.5, 0.6) is 0 Å². The Balaban J connectivity index is 6.70. The molecule has 33 heavy (non-hydrogen) atoms. The van der Waals surface area contributed by atoms with Crippen LogP contribution in [0.15, 0.2) is 0 Å². The van der Waals surface area contributed by atoms with Crippen LogP contribution in [0.1, 0.15) is 39.5 Å². The van der Waals surface area contributed by atoms with Gasteiger partial charge in [-0.2, -0.15) is 74.6 Å². The molecule has 0 N–H and O–H groups in total. The van der Waals surface area contributed by atoms with Crippen molar-refractivity contribution in [2.24, 2.45) is 0 Å². The summed E-state index contributed by atoms with van der Waals surface area (Å²) in [6.07, 6.45) is -11.1. The van der Waals surface area contributed by atoms with Gasteiger partial charge in [-0.05, 0) is 12.8 Å². The molecule has 0 aromatic carbocycles. The maximum atomic E-state index is 14.0. The fourth-order valence-corrected chi connectivity index (χ4v) is 3.56. The van der Waals surface area contributed by atoms with Crippen molar-refractivity contribution in [1.29, 1.82) is 0 Å². The first-order chi connectivity index (χ1) is 14.1. The van der Waals surface area contributed by atoms with Gasteiger partial charge >= 0.3 is 47.6 Å². The molecule has 0 radical (unpaired) electrons. The highest BCUT2D eigenvalue weighted by Gasteiger charge is 2.95. The molecule has 0 saturated carbocycles. The quantitative estimate of drug-likeness (QED) is 0.120. The molecule has 0 aliphatic carbocycles. The Kier molecular flexibility index (Phi) is 8.76. The summed E-state index contributed by atoms with van der Waals surface area (Å²) in [4.78, 5) is 0. The zero-order valence-corrected chi connectivity index (χ0v) is 18.3. The SMILES string of the molecule is CCCC(I)(CC)CC(F)(F)C(F)(F)C(F)(F)C(F)(F)C(F)(F)C(F)(F)C(F)(F)C(F)(F)F. The molecule has 0 amide bonds. The van der Waals surface area contributed by atoms with E-state index >= 15 is 0 Å². The third-order valence-electron chi connectivity index (χ3n) is 4.66. The summed E-state index contributed by atoms with van der Waals surface area (Å²) in [5.41, 5.74) is 0. The van der Waals surface area contributed by atoms with Crippen LogP contribution < -0.4 is 0 Å². The van der Waals surface area contributed by atoms with Crippen molar-refractivity contribution in [3.63, 3.8) is 0 Å². The van der Waals surface area contributed by atoms with Gasteiger partial charge in [0.1, 0.15) is 0 Å². The van der Waals surface area contributed by atoms with Crippen molar-refractivity contribution >= 4 is 22.6 Å². The molecule has 0 aliphatic rings. The second-order valence-corrected chi connectivity index (χ2v) is 9.37. The van der Waals surface area contributed by atoms with Crippen molar-refractivity contribution in [3.8, 4) is 0 Å².